The van der Waals surface area contributed by atoms with Crippen molar-refractivity contribution in [1.82, 2.24) is 19.7 Å². The quantitative estimate of drug-likeness (QED) is 0.586. The van der Waals surface area contributed by atoms with E-state index in [0.29, 0.717) is 68.2 Å². The van der Waals surface area contributed by atoms with Gasteiger partial charge in [-0.2, -0.15) is 18.3 Å². The maximum absolute atomic E-state index is 13.7. The Morgan fingerprint density at radius 1 is 1.17 bits per heavy atom. The Labute approximate surface area is 198 Å². The monoisotopic (exact) mass is 499 g/mol. The molecule has 0 aromatic carbocycles. The predicted molar refractivity (Wildman–Crippen MR) is 116 cm³/mol. The fourth-order valence-corrected chi connectivity index (χ4v) is 5.27. The SMILES string of the molecule is Cc1nc2c(cc1C(F)F)N(c1nn(C3CCOCC3)c3c1CN(C(=O)C(F)(F)F)CC3)CCC2. The Balaban J connectivity index is 1.60. The summed E-state index contributed by atoms with van der Waals surface area (Å²) in [6, 6.07) is 1.44. The summed E-state index contributed by atoms with van der Waals surface area (Å²) < 4.78 is 74.2. The first-order valence-corrected chi connectivity index (χ1v) is 11.8. The van der Waals surface area contributed by atoms with Crippen molar-refractivity contribution >= 4 is 17.4 Å². The number of hydrogen-bond donors (Lipinski definition) is 0. The van der Waals surface area contributed by atoms with Crippen LogP contribution in [0.3, 0.4) is 0 Å². The van der Waals surface area contributed by atoms with Gasteiger partial charge in [0.05, 0.1) is 24.0 Å². The summed E-state index contributed by atoms with van der Waals surface area (Å²) in [6.07, 6.45) is -4.71. The number of aryl methyl sites for hydroxylation is 2. The molecule has 5 heterocycles. The van der Waals surface area contributed by atoms with Crippen LogP contribution in [0.1, 0.15) is 59.9 Å². The Bertz CT molecular complexity index is 1130. The highest BCUT2D eigenvalue weighted by Gasteiger charge is 2.44. The number of amides is 1. The van der Waals surface area contributed by atoms with Gasteiger partial charge in [0.25, 0.3) is 6.43 Å². The first-order chi connectivity index (χ1) is 16.6. The molecule has 12 heteroatoms. The van der Waals surface area contributed by atoms with Crippen LogP contribution in [0.4, 0.5) is 33.5 Å². The molecule has 0 unspecified atom stereocenters. The van der Waals surface area contributed by atoms with E-state index < -0.39 is 18.5 Å². The molecule has 0 spiro atoms. The zero-order valence-electron chi connectivity index (χ0n) is 19.2. The summed E-state index contributed by atoms with van der Waals surface area (Å²) in [5.41, 5.74) is 2.56. The van der Waals surface area contributed by atoms with E-state index in [-0.39, 0.29) is 36.8 Å². The molecule has 0 atom stereocenters. The molecular weight excluding hydrogens is 473 g/mol. The van der Waals surface area contributed by atoms with E-state index >= 15 is 0 Å². The minimum Gasteiger partial charge on any atom is -0.381 e. The van der Waals surface area contributed by atoms with E-state index in [9.17, 15) is 26.7 Å². The minimum absolute atomic E-state index is 0.0214. The number of hydrogen-bond acceptors (Lipinski definition) is 5. The second kappa shape index (κ2) is 9.03. The Morgan fingerprint density at radius 3 is 2.60 bits per heavy atom. The summed E-state index contributed by atoms with van der Waals surface area (Å²) in [6.45, 7) is 2.82. The molecule has 1 saturated heterocycles. The van der Waals surface area contributed by atoms with Gasteiger partial charge in [0.1, 0.15) is 0 Å². The Morgan fingerprint density at radius 2 is 1.91 bits per heavy atom. The van der Waals surface area contributed by atoms with E-state index in [0.717, 1.165) is 10.6 Å². The van der Waals surface area contributed by atoms with Crippen LogP contribution in [0.25, 0.3) is 0 Å². The van der Waals surface area contributed by atoms with E-state index in [1.165, 1.54) is 6.07 Å². The lowest BCUT2D eigenvalue weighted by Gasteiger charge is -2.33. The third kappa shape index (κ3) is 4.36. The highest BCUT2D eigenvalue weighted by atomic mass is 19.4. The van der Waals surface area contributed by atoms with Gasteiger partial charge in [-0.15, -0.1) is 0 Å². The highest BCUT2D eigenvalue weighted by molar-refractivity contribution is 5.82. The average Bonchev–Trinajstić information content (AvgIpc) is 3.21. The molecule has 3 aliphatic heterocycles. The molecule has 0 radical (unpaired) electrons. The van der Waals surface area contributed by atoms with E-state index in [2.05, 4.69) is 4.98 Å². The second-order valence-corrected chi connectivity index (χ2v) is 9.20. The van der Waals surface area contributed by atoms with Crippen LogP contribution in [0.2, 0.25) is 0 Å². The number of halogens is 5. The number of alkyl halides is 5. The number of carbonyl (C=O) groups excluding carboxylic acids is 1. The molecule has 0 N–H and O–H groups in total. The number of aromatic nitrogens is 3. The number of fused-ring (bicyclic) bond motifs is 2. The Kier molecular flexibility index (Phi) is 6.18. The van der Waals surface area contributed by atoms with Crippen LogP contribution in [-0.4, -0.2) is 58.1 Å². The van der Waals surface area contributed by atoms with Gasteiger partial charge in [0, 0.05) is 55.2 Å². The average molecular weight is 499 g/mol. The third-order valence-electron chi connectivity index (χ3n) is 7.02. The first kappa shape index (κ1) is 24.0. The van der Waals surface area contributed by atoms with Gasteiger partial charge in [-0.05, 0) is 38.7 Å². The lowest BCUT2D eigenvalue weighted by molar-refractivity contribution is -0.186. The molecule has 7 nitrogen and oxygen atoms in total. The standard InChI is InChI=1S/C23H26F5N5O2/c1-13-15(20(24)25)11-19-17(29-13)3-2-7-32(19)21-16-12-31(22(34)23(26,27)28)8-4-18(16)33(30-21)14-5-9-35-10-6-14/h11,14,20H,2-10,12H2,1H3. The molecule has 2 aromatic rings. The van der Waals surface area contributed by atoms with Crippen LogP contribution in [0.5, 0.6) is 0 Å². The lowest BCUT2D eigenvalue weighted by Crippen LogP contribution is -2.44. The van der Waals surface area contributed by atoms with Crippen molar-refractivity contribution < 1.29 is 31.5 Å². The van der Waals surface area contributed by atoms with Crippen molar-refractivity contribution in [2.24, 2.45) is 0 Å². The van der Waals surface area contributed by atoms with Gasteiger partial charge >= 0.3 is 12.1 Å². The lowest BCUT2D eigenvalue weighted by atomic mass is 10.0. The third-order valence-corrected chi connectivity index (χ3v) is 7.02. The van der Waals surface area contributed by atoms with Gasteiger partial charge in [-0.25, -0.2) is 8.78 Å². The minimum atomic E-state index is -4.97. The number of carbonyl (C=O) groups is 1. The molecular formula is C23H26F5N5O2. The van der Waals surface area contributed by atoms with Gasteiger partial charge in [0.2, 0.25) is 0 Å². The number of rotatable bonds is 3. The number of pyridine rings is 1. The van der Waals surface area contributed by atoms with Gasteiger partial charge < -0.3 is 14.5 Å². The van der Waals surface area contributed by atoms with Crippen LogP contribution in [0, 0.1) is 6.92 Å². The normalized spacial score (nSPS) is 19.2. The van der Waals surface area contributed by atoms with Crippen molar-refractivity contribution in [1.29, 1.82) is 0 Å². The van der Waals surface area contributed by atoms with Crippen molar-refractivity contribution in [2.45, 2.75) is 64.2 Å². The van der Waals surface area contributed by atoms with Gasteiger partial charge in [-0.3, -0.25) is 14.5 Å². The number of anilines is 2. The summed E-state index contributed by atoms with van der Waals surface area (Å²) in [5, 5.41) is 4.84. The van der Waals surface area contributed by atoms with E-state index in [1.54, 1.807) is 11.8 Å². The molecule has 0 aliphatic carbocycles. The fraction of sp³-hybridized carbons (Fsp3) is 0.609. The zero-order valence-corrected chi connectivity index (χ0v) is 19.2. The smallest absolute Gasteiger partial charge is 0.381 e. The van der Waals surface area contributed by atoms with E-state index in [1.807, 2.05) is 4.68 Å². The van der Waals surface area contributed by atoms with Crippen molar-refractivity contribution in [2.75, 3.05) is 31.2 Å². The van der Waals surface area contributed by atoms with Crippen molar-refractivity contribution in [3.05, 3.63) is 34.3 Å². The molecule has 0 saturated carbocycles. The molecule has 5 rings (SSSR count). The van der Waals surface area contributed by atoms with Crippen LogP contribution < -0.4 is 4.90 Å². The Hall–Kier alpha value is -2.76. The van der Waals surface area contributed by atoms with Crippen LogP contribution >= 0.6 is 0 Å². The largest absolute Gasteiger partial charge is 0.471 e. The second-order valence-electron chi connectivity index (χ2n) is 9.20. The van der Waals surface area contributed by atoms with Crippen LogP contribution in [-0.2, 0) is 28.9 Å². The van der Waals surface area contributed by atoms with Gasteiger partial charge in [-0.1, -0.05) is 0 Å². The van der Waals surface area contributed by atoms with Crippen LogP contribution in [0.15, 0.2) is 6.07 Å². The summed E-state index contributed by atoms with van der Waals surface area (Å²) in [4.78, 5) is 19.0. The number of ether oxygens (including phenoxy) is 1. The van der Waals surface area contributed by atoms with Crippen molar-refractivity contribution in [3.63, 3.8) is 0 Å². The molecule has 2 aromatic heterocycles. The topological polar surface area (TPSA) is 63.5 Å². The van der Waals surface area contributed by atoms with Crippen molar-refractivity contribution in [3.8, 4) is 0 Å². The van der Waals surface area contributed by atoms with E-state index in [4.69, 9.17) is 9.84 Å². The summed E-state index contributed by atoms with van der Waals surface area (Å²) in [5.74, 6) is -1.47. The fourth-order valence-electron chi connectivity index (χ4n) is 5.27. The molecule has 35 heavy (non-hydrogen) atoms. The first-order valence-electron chi connectivity index (χ1n) is 11.8. The molecule has 1 amide bonds. The molecule has 1 fully saturated rings. The molecule has 0 bridgehead atoms. The summed E-state index contributed by atoms with van der Waals surface area (Å²) in [7, 11) is 0. The number of nitrogens with zero attached hydrogens (tertiary/aromatic N) is 5. The highest BCUT2D eigenvalue weighted by Crippen LogP contribution is 2.41. The summed E-state index contributed by atoms with van der Waals surface area (Å²) >= 11 is 0. The predicted octanol–water partition coefficient (Wildman–Crippen LogP) is 4.41. The zero-order chi connectivity index (χ0) is 24.9. The maximum Gasteiger partial charge on any atom is 0.471 e. The molecule has 190 valence electrons. The maximum atomic E-state index is 13.7. The van der Waals surface area contributed by atoms with Gasteiger partial charge in [0.15, 0.2) is 5.82 Å². The molecule has 3 aliphatic rings.